The normalized spacial score (nSPS) is 13.6. The van der Waals surface area contributed by atoms with Crippen molar-refractivity contribution in [2.75, 3.05) is 16.1 Å². The molecule has 0 saturated carbocycles. The molecule has 0 spiro atoms. The van der Waals surface area contributed by atoms with Crippen LogP contribution in [-0.2, 0) is 25.3 Å². The fourth-order valence-corrected chi connectivity index (χ4v) is 4.14. The zero-order valence-electron chi connectivity index (χ0n) is 10.7. The van der Waals surface area contributed by atoms with Crippen LogP contribution in [0.15, 0.2) is 6.07 Å². The minimum absolute atomic E-state index is 0.0866. The van der Waals surface area contributed by atoms with Gasteiger partial charge in [0.1, 0.15) is 0 Å². The smallest absolute Gasteiger partial charge is 0.248 e. The summed E-state index contributed by atoms with van der Waals surface area (Å²) in [6.45, 7) is 5.82. The second-order valence-electron chi connectivity index (χ2n) is 5.18. The third-order valence-electron chi connectivity index (χ3n) is 2.02. The summed E-state index contributed by atoms with van der Waals surface area (Å²) in [5, 5.41) is 5.53. The maximum absolute atomic E-state index is 11.5. The van der Waals surface area contributed by atoms with E-state index < -0.39 is 24.9 Å². The van der Waals surface area contributed by atoms with E-state index in [9.17, 15) is 16.8 Å². The van der Waals surface area contributed by atoms with E-state index in [4.69, 9.17) is 0 Å². The van der Waals surface area contributed by atoms with Crippen molar-refractivity contribution in [1.29, 1.82) is 0 Å². The molecule has 1 aromatic heterocycles. The van der Waals surface area contributed by atoms with Crippen molar-refractivity contribution < 1.29 is 16.8 Å². The predicted octanol–water partition coefficient (Wildman–Crippen LogP) is 0.451. The highest BCUT2D eigenvalue weighted by molar-refractivity contribution is 8.08. The van der Waals surface area contributed by atoms with Crippen LogP contribution in [0.1, 0.15) is 26.5 Å². The predicted molar refractivity (Wildman–Crippen MR) is 69.5 cm³/mol. The monoisotopic (exact) mass is 295 g/mol. The Kier molecular flexibility index (Phi) is 3.78. The van der Waals surface area contributed by atoms with E-state index in [0.29, 0.717) is 0 Å². The first kappa shape index (κ1) is 15.0. The van der Waals surface area contributed by atoms with Crippen molar-refractivity contribution >= 4 is 25.7 Å². The standard InChI is InChI=1S/C9H17N3O4S2/c1-9(2,3)7-5-8(11-10-7)12-18(15,16)6-17(4,13)14/h5H,6H2,1-4H3,(H2,10,11,12). The highest BCUT2D eigenvalue weighted by Crippen LogP contribution is 2.22. The molecule has 104 valence electrons. The lowest BCUT2D eigenvalue weighted by atomic mass is 9.92. The van der Waals surface area contributed by atoms with E-state index in [0.717, 1.165) is 11.9 Å². The van der Waals surface area contributed by atoms with Gasteiger partial charge in [-0.2, -0.15) is 5.10 Å². The third kappa shape index (κ3) is 4.65. The minimum Gasteiger partial charge on any atom is -0.280 e. The van der Waals surface area contributed by atoms with Gasteiger partial charge in [-0.15, -0.1) is 0 Å². The molecule has 0 fully saturated rings. The summed E-state index contributed by atoms with van der Waals surface area (Å²) in [6, 6.07) is 1.54. The number of aromatic nitrogens is 2. The molecule has 7 nitrogen and oxygen atoms in total. The lowest BCUT2D eigenvalue weighted by Gasteiger charge is -2.14. The summed E-state index contributed by atoms with van der Waals surface area (Å²) in [5.74, 6) is 0.0866. The SMILES string of the molecule is CC(C)(C)c1cc(NS(=O)(=O)CS(C)(=O)=O)n[nH]1. The first-order valence-electron chi connectivity index (χ1n) is 5.13. The Bertz CT molecular complexity index is 623. The fraction of sp³-hybridized carbons (Fsp3) is 0.667. The maximum atomic E-state index is 11.5. The van der Waals surface area contributed by atoms with E-state index in [1.54, 1.807) is 6.07 Å². The first-order chi connectivity index (χ1) is 7.89. The fourth-order valence-electron chi connectivity index (χ4n) is 1.23. The summed E-state index contributed by atoms with van der Waals surface area (Å²) in [4.78, 5) is 0. The second kappa shape index (κ2) is 4.54. The molecule has 0 bridgehead atoms. The van der Waals surface area contributed by atoms with Crippen molar-refractivity contribution in [3.63, 3.8) is 0 Å². The molecule has 9 heteroatoms. The van der Waals surface area contributed by atoms with Gasteiger partial charge in [-0.25, -0.2) is 16.8 Å². The highest BCUT2D eigenvalue weighted by Gasteiger charge is 2.21. The number of nitrogens with one attached hydrogen (secondary N) is 2. The Morgan fingerprint density at radius 1 is 1.28 bits per heavy atom. The lowest BCUT2D eigenvalue weighted by molar-refractivity contribution is 0.567. The molecule has 1 heterocycles. The topological polar surface area (TPSA) is 109 Å². The van der Waals surface area contributed by atoms with Crippen molar-refractivity contribution in [1.82, 2.24) is 10.2 Å². The Morgan fingerprint density at radius 3 is 2.22 bits per heavy atom. The van der Waals surface area contributed by atoms with Crippen LogP contribution in [0.25, 0.3) is 0 Å². The quantitative estimate of drug-likeness (QED) is 0.838. The van der Waals surface area contributed by atoms with Gasteiger partial charge in [-0.3, -0.25) is 9.82 Å². The summed E-state index contributed by atoms with van der Waals surface area (Å²) < 4.78 is 47.1. The van der Waals surface area contributed by atoms with E-state index in [1.807, 2.05) is 20.8 Å². The number of hydrogen-bond donors (Lipinski definition) is 2. The molecule has 18 heavy (non-hydrogen) atoms. The van der Waals surface area contributed by atoms with Crippen molar-refractivity contribution in [2.24, 2.45) is 0 Å². The second-order valence-corrected chi connectivity index (χ2v) is 9.41. The Morgan fingerprint density at radius 2 is 1.83 bits per heavy atom. The maximum Gasteiger partial charge on any atom is 0.248 e. The average Bonchev–Trinajstić information content (AvgIpc) is 2.44. The zero-order chi connectivity index (χ0) is 14.2. The van der Waals surface area contributed by atoms with Gasteiger partial charge in [-0.1, -0.05) is 20.8 Å². The van der Waals surface area contributed by atoms with Crippen molar-refractivity contribution in [3.05, 3.63) is 11.8 Å². The van der Waals surface area contributed by atoms with Crippen LogP contribution in [0.4, 0.5) is 5.82 Å². The van der Waals surface area contributed by atoms with E-state index in [-0.39, 0.29) is 11.2 Å². The van der Waals surface area contributed by atoms with Gasteiger partial charge in [0.05, 0.1) is 0 Å². The van der Waals surface area contributed by atoms with Crippen LogP contribution >= 0.6 is 0 Å². The molecule has 0 atom stereocenters. The number of sulfone groups is 1. The number of rotatable bonds is 4. The highest BCUT2D eigenvalue weighted by atomic mass is 32.3. The number of sulfonamides is 1. The first-order valence-corrected chi connectivity index (χ1v) is 8.84. The molecule has 0 aliphatic rings. The molecule has 0 aromatic carbocycles. The van der Waals surface area contributed by atoms with Gasteiger partial charge >= 0.3 is 0 Å². The molecule has 0 aliphatic carbocycles. The molecular formula is C9H17N3O4S2. The molecule has 0 saturated heterocycles. The summed E-state index contributed by atoms with van der Waals surface area (Å²) in [7, 11) is -7.56. The number of anilines is 1. The average molecular weight is 295 g/mol. The van der Waals surface area contributed by atoms with Crippen LogP contribution in [0.3, 0.4) is 0 Å². The molecule has 0 radical (unpaired) electrons. The van der Waals surface area contributed by atoms with E-state index in [2.05, 4.69) is 14.9 Å². The van der Waals surface area contributed by atoms with E-state index in [1.165, 1.54) is 0 Å². The van der Waals surface area contributed by atoms with Gasteiger partial charge in [0, 0.05) is 23.4 Å². The van der Waals surface area contributed by atoms with E-state index >= 15 is 0 Å². The Hall–Kier alpha value is -1.09. The molecular weight excluding hydrogens is 278 g/mol. The number of nitrogens with zero attached hydrogens (tertiary/aromatic N) is 1. The number of H-pyrrole nitrogens is 1. The van der Waals surface area contributed by atoms with Gasteiger partial charge < -0.3 is 0 Å². The van der Waals surface area contributed by atoms with Crippen molar-refractivity contribution in [3.8, 4) is 0 Å². The lowest BCUT2D eigenvalue weighted by Crippen LogP contribution is -2.22. The van der Waals surface area contributed by atoms with Crippen LogP contribution in [0.2, 0.25) is 0 Å². The van der Waals surface area contributed by atoms with Gasteiger partial charge in [-0.05, 0) is 0 Å². The van der Waals surface area contributed by atoms with Crippen LogP contribution in [-0.4, -0.2) is 38.4 Å². The van der Waals surface area contributed by atoms with Crippen molar-refractivity contribution in [2.45, 2.75) is 26.2 Å². The molecule has 1 rings (SSSR count). The number of hydrogen-bond acceptors (Lipinski definition) is 5. The van der Waals surface area contributed by atoms with Crippen LogP contribution in [0, 0.1) is 0 Å². The third-order valence-corrected chi connectivity index (χ3v) is 5.49. The van der Waals surface area contributed by atoms with Crippen LogP contribution in [0.5, 0.6) is 0 Å². The summed E-state index contributed by atoms with van der Waals surface area (Å²) >= 11 is 0. The molecule has 0 aliphatic heterocycles. The minimum atomic E-state index is -3.94. The molecule has 0 unspecified atom stereocenters. The Labute approximate surface area is 107 Å². The van der Waals surface area contributed by atoms with Gasteiger partial charge in [0.15, 0.2) is 20.7 Å². The summed E-state index contributed by atoms with van der Waals surface area (Å²) in [6.07, 6.45) is 0.858. The van der Waals surface area contributed by atoms with Gasteiger partial charge in [0.25, 0.3) is 0 Å². The molecule has 1 aromatic rings. The van der Waals surface area contributed by atoms with Crippen LogP contribution < -0.4 is 4.72 Å². The largest absolute Gasteiger partial charge is 0.280 e. The van der Waals surface area contributed by atoms with Gasteiger partial charge in [0.2, 0.25) is 10.0 Å². The Balaban J connectivity index is 2.90. The number of aromatic amines is 1. The molecule has 2 N–H and O–H groups in total. The molecule has 0 amide bonds. The summed E-state index contributed by atoms with van der Waals surface area (Å²) in [5.41, 5.74) is 0.549. The zero-order valence-corrected chi connectivity index (χ0v) is 12.3.